The summed E-state index contributed by atoms with van der Waals surface area (Å²) < 4.78 is 54.6. The molecule has 32 heavy (non-hydrogen) atoms. The summed E-state index contributed by atoms with van der Waals surface area (Å²) in [5, 5.41) is 4.19. The van der Waals surface area contributed by atoms with E-state index in [1.54, 1.807) is 4.90 Å². The van der Waals surface area contributed by atoms with Crippen molar-refractivity contribution in [2.45, 2.75) is 45.6 Å². The number of piperidine rings is 1. The molecule has 0 saturated carbocycles. The zero-order valence-corrected chi connectivity index (χ0v) is 17.6. The fourth-order valence-electron chi connectivity index (χ4n) is 4.36. The van der Waals surface area contributed by atoms with Gasteiger partial charge in [-0.2, -0.15) is 5.10 Å². The van der Waals surface area contributed by atoms with Gasteiger partial charge in [-0.25, -0.2) is 27.2 Å². The highest BCUT2D eigenvalue weighted by molar-refractivity contribution is 5.85. The average Bonchev–Trinajstić information content (AvgIpc) is 3.09. The van der Waals surface area contributed by atoms with E-state index in [0.717, 1.165) is 25.3 Å². The van der Waals surface area contributed by atoms with Crippen LogP contribution in [0.15, 0.2) is 36.4 Å². The highest BCUT2D eigenvalue weighted by Crippen LogP contribution is 2.32. The zero-order valence-electron chi connectivity index (χ0n) is 17.6. The van der Waals surface area contributed by atoms with Crippen LogP contribution in [0.3, 0.4) is 0 Å². The van der Waals surface area contributed by atoms with Crippen molar-refractivity contribution in [1.82, 2.24) is 19.7 Å². The third-order valence-electron chi connectivity index (χ3n) is 6.01. The van der Waals surface area contributed by atoms with E-state index in [4.69, 9.17) is 0 Å². The van der Waals surface area contributed by atoms with E-state index in [1.165, 1.54) is 17.2 Å². The number of likely N-dealkylation sites (tertiary alicyclic amines) is 1. The minimum absolute atomic E-state index is 0.0266. The van der Waals surface area contributed by atoms with E-state index in [-0.39, 0.29) is 29.2 Å². The molecule has 0 aliphatic carbocycles. The molecule has 5 nitrogen and oxygen atoms in total. The Kier molecular flexibility index (Phi) is 6.43. The molecule has 1 amide bonds. The first-order valence-electron chi connectivity index (χ1n) is 10.6. The first kappa shape index (κ1) is 22.2. The van der Waals surface area contributed by atoms with Crippen molar-refractivity contribution in [3.05, 3.63) is 58.9 Å². The highest BCUT2D eigenvalue weighted by Gasteiger charge is 2.26. The molecule has 1 fully saturated rings. The Morgan fingerprint density at radius 3 is 2.41 bits per heavy atom. The molecule has 0 radical (unpaired) electrons. The van der Waals surface area contributed by atoms with E-state index >= 15 is 0 Å². The molecule has 1 aliphatic heterocycles. The van der Waals surface area contributed by atoms with Gasteiger partial charge in [-0.15, -0.1) is 0 Å². The normalized spacial score (nSPS) is 15.3. The first-order chi connectivity index (χ1) is 15.3. The van der Waals surface area contributed by atoms with Crippen LogP contribution >= 0.6 is 0 Å². The Morgan fingerprint density at radius 2 is 1.78 bits per heavy atom. The molecule has 3 aromatic rings. The van der Waals surface area contributed by atoms with Crippen molar-refractivity contribution in [2.75, 3.05) is 13.1 Å². The summed E-state index contributed by atoms with van der Waals surface area (Å²) in [5.74, 6) is 0.258. The topological polar surface area (TPSA) is 51.0 Å². The summed E-state index contributed by atoms with van der Waals surface area (Å²) in [6.07, 6.45) is -3.26. The van der Waals surface area contributed by atoms with Gasteiger partial charge in [-0.3, -0.25) is 4.79 Å². The average molecular weight is 448 g/mol. The van der Waals surface area contributed by atoms with Crippen LogP contribution in [0.25, 0.3) is 11.0 Å². The van der Waals surface area contributed by atoms with Gasteiger partial charge in [0, 0.05) is 18.7 Å². The molecule has 9 heteroatoms. The van der Waals surface area contributed by atoms with Crippen LogP contribution in [0.4, 0.5) is 17.6 Å². The third kappa shape index (κ3) is 4.61. The van der Waals surface area contributed by atoms with Gasteiger partial charge in [0.15, 0.2) is 5.65 Å². The number of fused-ring (bicyclic) bond motifs is 1. The van der Waals surface area contributed by atoms with Gasteiger partial charge in [0.2, 0.25) is 5.91 Å². The Balaban J connectivity index is 1.48. The lowest BCUT2D eigenvalue weighted by atomic mass is 9.90. The molecule has 1 aromatic carbocycles. The number of aryl methyl sites for hydroxylation is 1. The SMILES string of the molecule is Cc1nn(CC(=O)N2CCC(Cc3ccccc3)CC2)c2nc(C(F)F)cc(C(F)F)c12. The Labute approximate surface area is 183 Å². The largest absolute Gasteiger partial charge is 0.341 e. The number of hydrogen-bond donors (Lipinski definition) is 0. The number of carbonyl (C=O) groups is 1. The van der Waals surface area contributed by atoms with Crippen LogP contribution in [0.1, 0.15) is 48.2 Å². The quantitative estimate of drug-likeness (QED) is 0.493. The smallest absolute Gasteiger partial charge is 0.280 e. The van der Waals surface area contributed by atoms with Gasteiger partial charge >= 0.3 is 0 Å². The molecule has 3 heterocycles. The number of carbonyl (C=O) groups excluding carboxylic acids is 1. The van der Waals surface area contributed by atoms with E-state index in [1.807, 2.05) is 18.2 Å². The molecule has 0 unspecified atom stereocenters. The first-order valence-corrected chi connectivity index (χ1v) is 10.6. The van der Waals surface area contributed by atoms with Crippen molar-refractivity contribution < 1.29 is 22.4 Å². The predicted molar refractivity (Wildman–Crippen MR) is 112 cm³/mol. The second kappa shape index (κ2) is 9.26. The van der Waals surface area contributed by atoms with Crippen molar-refractivity contribution in [3.8, 4) is 0 Å². The standard InChI is InChI=1S/C23H24F4N4O/c1-14-20-17(21(24)25)12-18(22(26)27)28-23(20)31(29-14)13-19(32)30-9-7-16(8-10-30)11-15-5-3-2-4-6-15/h2-6,12,16,21-22H,7-11,13H2,1H3. The minimum atomic E-state index is -3.00. The highest BCUT2D eigenvalue weighted by atomic mass is 19.3. The van der Waals surface area contributed by atoms with Gasteiger partial charge in [0.25, 0.3) is 12.9 Å². The summed E-state index contributed by atoms with van der Waals surface area (Å²) >= 11 is 0. The maximum absolute atomic E-state index is 13.5. The lowest BCUT2D eigenvalue weighted by Crippen LogP contribution is -2.40. The molecule has 4 rings (SSSR count). The Morgan fingerprint density at radius 1 is 1.09 bits per heavy atom. The van der Waals surface area contributed by atoms with Gasteiger partial charge in [0.05, 0.1) is 11.1 Å². The third-order valence-corrected chi connectivity index (χ3v) is 6.01. The molecule has 0 bridgehead atoms. The van der Waals surface area contributed by atoms with Crippen molar-refractivity contribution >= 4 is 16.9 Å². The molecule has 1 aliphatic rings. The Hall–Kier alpha value is -2.97. The van der Waals surface area contributed by atoms with E-state index in [9.17, 15) is 22.4 Å². The maximum Gasteiger partial charge on any atom is 0.280 e. The number of benzene rings is 1. The van der Waals surface area contributed by atoms with Crippen molar-refractivity contribution in [3.63, 3.8) is 0 Å². The van der Waals surface area contributed by atoms with Crippen LogP contribution in [0, 0.1) is 12.8 Å². The van der Waals surface area contributed by atoms with E-state index < -0.39 is 24.1 Å². The van der Waals surface area contributed by atoms with Crippen LogP contribution in [0.2, 0.25) is 0 Å². The molecule has 0 spiro atoms. The minimum Gasteiger partial charge on any atom is -0.341 e. The van der Waals surface area contributed by atoms with Gasteiger partial charge in [-0.05, 0) is 43.7 Å². The molecule has 2 aromatic heterocycles. The van der Waals surface area contributed by atoms with Crippen LogP contribution in [-0.4, -0.2) is 38.7 Å². The molecule has 0 N–H and O–H groups in total. The van der Waals surface area contributed by atoms with Gasteiger partial charge < -0.3 is 4.90 Å². The lowest BCUT2D eigenvalue weighted by Gasteiger charge is -2.32. The summed E-state index contributed by atoms with van der Waals surface area (Å²) in [6, 6.07) is 10.9. The van der Waals surface area contributed by atoms with Crippen LogP contribution in [-0.2, 0) is 17.8 Å². The fourth-order valence-corrected chi connectivity index (χ4v) is 4.36. The Bertz CT molecular complexity index is 1090. The number of halogens is 4. The summed E-state index contributed by atoms with van der Waals surface area (Å²) in [6.45, 7) is 2.46. The number of pyridine rings is 1. The van der Waals surface area contributed by atoms with Gasteiger partial charge in [0.1, 0.15) is 12.2 Å². The van der Waals surface area contributed by atoms with E-state index in [2.05, 4.69) is 22.2 Å². The number of aromatic nitrogens is 3. The molecule has 0 atom stereocenters. The lowest BCUT2D eigenvalue weighted by molar-refractivity contribution is -0.133. The predicted octanol–water partition coefficient (Wildman–Crippen LogP) is 5.10. The molecule has 170 valence electrons. The fraction of sp³-hybridized carbons (Fsp3) is 0.435. The van der Waals surface area contributed by atoms with E-state index in [0.29, 0.717) is 19.0 Å². The zero-order chi connectivity index (χ0) is 22.8. The molecular weight excluding hydrogens is 424 g/mol. The molecular formula is C23H24F4N4O. The summed E-state index contributed by atoms with van der Waals surface area (Å²) in [7, 11) is 0. The second-order valence-electron chi connectivity index (χ2n) is 8.19. The number of hydrogen-bond acceptors (Lipinski definition) is 3. The van der Waals surface area contributed by atoms with Crippen LogP contribution < -0.4 is 0 Å². The number of nitrogens with zero attached hydrogens (tertiary/aromatic N) is 4. The van der Waals surface area contributed by atoms with Crippen LogP contribution in [0.5, 0.6) is 0 Å². The van der Waals surface area contributed by atoms with Crippen molar-refractivity contribution in [1.29, 1.82) is 0 Å². The second-order valence-corrected chi connectivity index (χ2v) is 8.19. The van der Waals surface area contributed by atoms with Crippen molar-refractivity contribution in [2.24, 2.45) is 5.92 Å². The number of alkyl halides is 4. The summed E-state index contributed by atoms with van der Waals surface area (Å²) in [5.41, 5.74) is 0.110. The van der Waals surface area contributed by atoms with Gasteiger partial charge in [-0.1, -0.05) is 30.3 Å². The summed E-state index contributed by atoms with van der Waals surface area (Å²) in [4.78, 5) is 18.4. The number of amides is 1. The maximum atomic E-state index is 13.5. The number of rotatable bonds is 6. The monoisotopic (exact) mass is 448 g/mol. The molecule has 1 saturated heterocycles.